The van der Waals surface area contributed by atoms with Crippen LogP contribution in [-0.2, 0) is 17.5 Å². The van der Waals surface area contributed by atoms with E-state index in [4.69, 9.17) is 0 Å². The summed E-state index contributed by atoms with van der Waals surface area (Å²) < 4.78 is 41.9. The molecule has 2 amide bonds. The van der Waals surface area contributed by atoms with Gasteiger partial charge in [-0.15, -0.1) is 0 Å². The molecule has 1 atom stereocenters. The maximum atomic E-state index is 14.0. The zero-order chi connectivity index (χ0) is 28.9. The van der Waals surface area contributed by atoms with Gasteiger partial charge in [0.15, 0.2) is 0 Å². The number of aromatic nitrogens is 1. The fourth-order valence-corrected chi connectivity index (χ4v) is 4.60. The molecule has 0 bridgehead atoms. The van der Waals surface area contributed by atoms with E-state index in [9.17, 15) is 22.8 Å². The van der Waals surface area contributed by atoms with Crippen LogP contribution in [-0.4, -0.2) is 59.8 Å². The first-order valence-corrected chi connectivity index (χ1v) is 12.9. The smallest absolute Gasteiger partial charge is 0.322 e. The van der Waals surface area contributed by atoms with Crippen molar-refractivity contribution < 1.29 is 22.8 Å². The van der Waals surface area contributed by atoms with Crippen molar-refractivity contribution in [2.75, 3.05) is 37.8 Å². The molecule has 1 saturated heterocycles. The van der Waals surface area contributed by atoms with Crippen molar-refractivity contribution >= 4 is 29.3 Å². The van der Waals surface area contributed by atoms with E-state index in [0.29, 0.717) is 30.5 Å². The third kappa shape index (κ3) is 7.55. The summed E-state index contributed by atoms with van der Waals surface area (Å²) in [6.45, 7) is 3.37. The number of nitrogens with zero attached hydrogens (tertiary/aromatic N) is 3. The molecule has 1 aliphatic heterocycles. The average Bonchev–Trinajstić information content (AvgIpc) is 3.38. The third-order valence-electron chi connectivity index (χ3n) is 6.91. The largest absolute Gasteiger partial charge is 0.416 e. The molecule has 40 heavy (non-hydrogen) atoms. The topological polar surface area (TPSA) is 77.6 Å². The molecular weight excluding hydrogens is 519 g/mol. The standard InChI is InChI=1S/C30H32F3N5O2/c1-20-6-10-24(16-27(20)36-28(39)11-7-21-5-4-13-34-17-21)35-29(40)22-8-9-23(26(15-22)30(31,32)33)18-38-14-12-25(19-38)37(2)3/h4-11,13,15-17,25H,12,14,18-19H2,1-3H3,(H,35,40)(H,36,39). The molecule has 0 aliphatic carbocycles. The second-order valence-electron chi connectivity index (χ2n) is 10.1. The highest BCUT2D eigenvalue weighted by Crippen LogP contribution is 2.34. The Bertz CT molecular complexity index is 1390. The van der Waals surface area contributed by atoms with Crippen LogP contribution in [0, 0.1) is 6.92 Å². The molecule has 3 aromatic rings. The van der Waals surface area contributed by atoms with Crippen molar-refractivity contribution in [1.29, 1.82) is 0 Å². The Hall–Kier alpha value is -4.02. The molecule has 10 heteroatoms. The van der Waals surface area contributed by atoms with Gasteiger partial charge in [-0.2, -0.15) is 13.2 Å². The van der Waals surface area contributed by atoms with E-state index in [2.05, 4.69) is 20.5 Å². The number of hydrogen-bond donors (Lipinski definition) is 2. The van der Waals surface area contributed by atoms with E-state index in [1.807, 2.05) is 25.1 Å². The summed E-state index contributed by atoms with van der Waals surface area (Å²) in [4.78, 5) is 33.4. The summed E-state index contributed by atoms with van der Waals surface area (Å²) >= 11 is 0. The highest BCUT2D eigenvalue weighted by molar-refractivity contribution is 6.06. The van der Waals surface area contributed by atoms with Crippen molar-refractivity contribution in [3.63, 3.8) is 0 Å². The summed E-state index contributed by atoms with van der Waals surface area (Å²) in [5.41, 5.74) is 1.54. The first kappa shape index (κ1) is 29.0. The highest BCUT2D eigenvalue weighted by atomic mass is 19.4. The number of amides is 2. The van der Waals surface area contributed by atoms with E-state index in [0.717, 1.165) is 23.6 Å². The molecule has 7 nitrogen and oxygen atoms in total. The second kappa shape index (κ2) is 12.4. The second-order valence-corrected chi connectivity index (χ2v) is 10.1. The maximum Gasteiger partial charge on any atom is 0.416 e. The fraction of sp³-hybridized carbons (Fsp3) is 0.300. The molecule has 2 N–H and O–H groups in total. The Labute approximate surface area is 231 Å². The Kier molecular flexibility index (Phi) is 9.01. The normalized spacial score (nSPS) is 16.0. The van der Waals surface area contributed by atoms with E-state index in [-0.39, 0.29) is 23.6 Å². The lowest BCUT2D eigenvalue weighted by molar-refractivity contribution is -0.138. The number of pyridine rings is 1. The van der Waals surface area contributed by atoms with Crippen LogP contribution < -0.4 is 10.6 Å². The summed E-state index contributed by atoms with van der Waals surface area (Å²) in [7, 11) is 3.93. The van der Waals surface area contributed by atoms with Crippen LogP contribution in [0.5, 0.6) is 0 Å². The first-order chi connectivity index (χ1) is 19.0. The number of alkyl halides is 3. The number of carbonyl (C=O) groups excluding carboxylic acids is 2. The predicted octanol–water partition coefficient (Wildman–Crippen LogP) is 5.45. The van der Waals surface area contributed by atoms with Gasteiger partial charge in [0.25, 0.3) is 5.91 Å². The highest BCUT2D eigenvalue weighted by Gasteiger charge is 2.35. The molecule has 0 radical (unpaired) electrons. The van der Waals surface area contributed by atoms with Gasteiger partial charge in [0, 0.05) is 61.1 Å². The van der Waals surface area contributed by atoms with Gasteiger partial charge in [-0.25, -0.2) is 0 Å². The number of benzene rings is 2. The number of aryl methyl sites for hydroxylation is 1. The molecule has 1 unspecified atom stereocenters. The van der Waals surface area contributed by atoms with Crippen molar-refractivity contribution in [2.24, 2.45) is 0 Å². The van der Waals surface area contributed by atoms with E-state index in [1.165, 1.54) is 18.2 Å². The Morgan fingerprint density at radius 2 is 1.93 bits per heavy atom. The van der Waals surface area contributed by atoms with Crippen molar-refractivity contribution in [1.82, 2.24) is 14.8 Å². The van der Waals surface area contributed by atoms with Crippen LogP contribution in [0.3, 0.4) is 0 Å². The molecule has 2 heterocycles. The van der Waals surface area contributed by atoms with E-state index in [1.54, 1.807) is 49.7 Å². The zero-order valence-electron chi connectivity index (χ0n) is 22.6. The molecule has 1 fully saturated rings. The first-order valence-electron chi connectivity index (χ1n) is 12.9. The molecule has 1 aromatic heterocycles. The van der Waals surface area contributed by atoms with Crippen molar-refractivity contribution in [3.05, 3.63) is 94.8 Å². The van der Waals surface area contributed by atoms with Crippen LogP contribution in [0.2, 0.25) is 0 Å². The van der Waals surface area contributed by atoms with E-state index >= 15 is 0 Å². The zero-order valence-corrected chi connectivity index (χ0v) is 22.6. The molecule has 210 valence electrons. The lowest BCUT2D eigenvalue weighted by Crippen LogP contribution is -2.31. The van der Waals surface area contributed by atoms with Gasteiger partial charge in [0.1, 0.15) is 0 Å². The van der Waals surface area contributed by atoms with Gasteiger partial charge < -0.3 is 15.5 Å². The summed E-state index contributed by atoms with van der Waals surface area (Å²) in [6.07, 6.45) is 2.54. The molecule has 0 spiro atoms. The minimum atomic E-state index is -4.60. The molecule has 4 rings (SSSR count). The number of likely N-dealkylation sites (N-methyl/N-ethyl adjacent to an activating group) is 1. The van der Waals surface area contributed by atoms with Crippen LogP contribution >= 0.6 is 0 Å². The number of carbonyl (C=O) groups is 2. The summed E-state index contributed by atoms with van der Waals surface area (Å²) in [5.74, 6) is -1.06. The van der Waals surface area contributed by atoms with Crippen LogP contribution in [0.4, 0.5) is 24.5 Å². The van der Waals surface area contributed by atoms with Gasteiger partial charge in [0.2, 0.25) is 5.91 Å². The predicted molar refractivity (Wildman–Crippen MR) is 150 cm³/mol. The van der Waals surface area contributed by atoms with Gasteiger partial charge >= 0.3 is 6.18 Å². The molecule has 0 saturated carbocycles. The number of anilines is 2. The third-order valence-corrected chi connectivity index (χ3v) is 6.91. The monoisotopic (exact) mass is 551 g/mol. The SMILES string of the molecule is Cc1ccc(NC(=O)c2ccc(CN3CCC(N(C)C)C3)c(C(F)(F)F)c2)cc1NC(=O)C=Cc1cccnc1. The van der Waals surface area contributed by atoms with E-state index < -0.39 is 17.6 Å². The lowest BCUT2D eigenvalue weighted by Gasteiger charge is -2.22. The lowest BCUT2D eigenvalue weighted by atomic mass is 10.0. The fourth-order valence-electron chi connectivity index (χ4n) is 4.60. The van der Waals surface area contributed by atoms with Crippen LogP contribution in [0.1, 0.15) is 39.0 Å². The number of hydrogen-bond acceptors (Lipinski definition) is 5. The summed E-state index contributed by atoms with van der Waals surface area (Å²) in [6, 6.07) is 12.5. The quantitative estimate of drug-likeness (QED) is 0.364. The average molecular weight is 552 g/mol. The summed E-state index contributed by atoms with van der Waals surface area (Å²) in [5, 5.41) is 5.41. The number of halogens is 3. The van der Waals surface area contributed by atoms with Crippen LogP contribution in [0.25, 0.3) is 6.08 Å². The number of likely N-dealkylation sites (tertiary alicyclic amines) is 1. The van der Waals surface area contributed by atoms with Crippen LogP contribution in [0.15, 0.2) is 67.0 Å². The maximum absolute atomic E-state index is 14.0. The molecule has 1 aliphatic rings. The molecular formula is C30H32F3N5O2. The van der Waals surface area contributed by atoms with Gasteiger partial charge in [-0.3, -0.25) is 19.5 Å². The Morgan fingerprint density at radius 3 is 2.60 bits per heavy atom. The van der Waals surface area contributed by atoms with Gasteiger partial charge in [-0.05, 0) is 80.5 Å². The Morgan fingerprint density at radius 1 is 1.12 bits per heavy atom. The minimum Gasteiger partial charge on any atom is -0.322 e. The number of nitrogens with one attached hydrogen (secondary N) is 2. The molecule has 2 aromatic carbocycles. The van der Waals surface area contributed by atoms with Crippen molar-refractivity contribution in [3.8, 4) is 0 Å². The van der Waals surface area contributed by atoms with Gasteiger partial charge in [0.05, 0.1) is 5.56 Å². The van der Waals surface area contributed by atoms with Gasteiger partial charge in [-0.1, -0.05) is 18.2 Å². The minimum absolute atomic E-state index is 0.103. The Balaban J connectivity index is 1.46. The number of rotatable bonds is 8. The van der Waals surface area contributed by atoms with Crippen molar-refractivity contribution in [2.45, 2.75) is 32.1 Å².